The number of hydrogen-bond acceptors (Lipinski definition) is 2. The van der Waals surface area contributed by atoms with Crippen molar-refractivity contribution in [2.75, 3.05) is 0 Å². The lowest BCUT2D eigenvalue weighted by Crippen LogP contribution is -2.00. The first-order chi connectivity index (χ1) is 5.67. The molecule has 3 heteroatoms. The van der Waals surface area contributed by atoms with Gasteiger partial charge in [-0.15, -0.1) is 0 Å². The predicted molar refractivity (Wildman–Crippen MR) is 49.3 cm³/mol. The molecule has 0 aliphatic carbocycles. The minimum atomic E-state index is -0.376. The van der Waals surface area contributed by atoms with Gasteiger partial charge in [0, 0.05) is 5.57 Å². The zero-order valence-corrected chi connectivity index (χ0v) is 7.41. The van der Waals surface area contributed by atoms with Gasteiger partial charge < -0.3 is 0 Å². The van der Waals surface area contributed by atoms with E-state index in [2.05, 4.69) is 6.58 Å². The van der Waals surface area contributed by atoms with E-state index in [0.717, 1.165) is 0 Å². The van der Waals surface area contributed by atoms with Crippen molar-refractivity contribution in [1.82, 2.24) is 0 Å². The fraction of sp³-hybridized carbons (Fsp3) is 0.333. The summed E-state index contributed by atoms with van der Waals surface area (Å²) >= 11 is 0. The van der Waals surface area contributed by atoms with Crippen LogP contribution in [0.2, 0.25) is 0 Å². The molecule has 3 nitrogen and oxygen atoms in total. The normalized spacial score (nSPS) is 12.8. The van der Waals surface area contributed by atoms with Gasteiger partial charge in [-0.2, -0.15) is 0 Å². The molecule has 12 heavy (non-hydrogen) atoms. The molecule has 0 aliphatic heterocycles. The fourth-order valence-electron chi connectivity index (χ4n) is 0.935. The van der Waals surface area contributed by atoms with E-state index in [1.54, 1.807) is 19.1 Å². The van der Waals surface area contributed by atoms with Crippen LogP contribution in [0.3, 0.4) is 0 Å². The summed E-state index contributed by atoms with van der Waals surface area (Å²) in [5, 5.41) is 10.5. The van der Waals surface area contributed by atoms with E-state index in [1.807, 2.05) is 6.92 Å². The third kappa shape index (κ3) is 2.70. The molecule has 0 aromatic carbocycles. The highest BCUT2D eigenvalue weighted by Gasteiger charge is 2.12. The molecule has 0 aliphatic rings. The molecule has 0 aromatic rings. The first-order valence-electron chi connectivity index (χ1n) is 3.80. The summed E-state index contributed by atoms with van der Waals surface area (Å²) in [6.45, 7) is 7.03. The fourth-order valence-corrected chi connectivity index (χ4v) is 0.935. The van der Waals surface area contributed by atoms with E-state index in [9.17, 15) is 10.1 Å². The molecule has 66 valence electrons. The van der Waals surface area contributed by atoms with Gasteiger partial charge in [-0.1, -0.05) is 25.7 Å². The second kappa shape index (κ2) is 5.29. The minimum Gasteiger partial charge on any atom is -0.258 e. The summed E-state index contributed by atoms with van der Waals surface area (Å²) < 4.78 is 0. The Morgan fingerprint density at radius 1 is 1.67 bits per heavy atom. The van der Waals surface area contributed by atoms with Crippen molar-refractivity contribution < 1.29 is 4.92 Å². The Hall–Kier alpha value is -1.38. The van der Waals surface area contributed by atoms with Crippen LogP contribution >= 0.6 is 0 Å². The lowest BCUT2D eigenvalue weighted by atomic mass is 10.1. The van der Waals surface area contributed by atoms with Crippen LogP contribution in [0.5, 0.6) is 0 Å². The van der Waals surface area contributed by atoms with E-state index < -0.39 is 0 Å². The van der Waals surface area contributed by atoms with Crippen molar-refractivity contribution >= 4 is 0 Å². The molecule has 0 aromatic heterocycles. The Balaban J connectivity index is 4.82. The highest BCUT2D eigenvalue weighted by atomic mass is 16.6. The number of allylic oxidation sites excluding steroid dienone is 4. The second-order valence-corrected chi connectivity index (χ2v) is 2.21. The summed E-state index contributed by atoms with van der Waals surface area (Å²) in [6.07, 6.45) is 5.37. The van der Waals surface area contributed by atoms with Crippen molar-refractivity contribution in [2.45, 2.75) is 20.3 Å². The first-order valence-corrected chi connectivity index (χ1v) is 3.80. The van der Waals surface area contributed by atoms with Gasteiger partial charge in [-0.3, -0.25) is 10.1 Å². The number of rotatable bonds is 4. The third-order valence-electron chi connectivity index (χ3n) is 1.50. The molecule has 0 saturated carbocycles. The Bertz CT molecular complexity index is 239. The molecule has 0 spiro atoms. The minimum absolute atomic E-state index is 0.164. The molecule has 0 N–H and O–H groups in total. The van der Waals surface area contributed by atoms with Crippen LogP contribution in [-0.4, -0.2) is 4.92 Å². The Morgan fingerprint density at radius 3 is 2.50 bits per heavy atom. The van der Waals surface area contributed by atoms with Crippen LogP contribution in [0.1, 0.15) is 20.3 Å². The average Bonchev–Trinajstić information content (AvgIpc) is 2.03. The molecule has 0 heterocycles. The molecule has 0 bridgehead atoms. The molecule has 0 unspecified atom stereocenters. The van der Waals surface area contributed by atoms with Gasteiger partial charge in [0.05, 0.1) is 4.92 Å². The zero-order valence-electron chi connectivity index (χ0n) is 7.41. The quantitative estimate of drug-likeness (QED) is 0.367. The summed E-state index contributed by atoms with van der Waals surface area (Å²) in [4.78, 5) is 10.1. The predicted octanol–water partition coefficient (Wildman–Crippen LogP) is 2.69. The van der Waals surface area contributed by atoms with E-state index in [0.29, 0.717) is 12.0 Å². The number of hydrogen-bond donors (Lipinski definition) is 0. The molecule has 0 amide bonds. The van der Waals surface area contributed by atoms with Crippen LogP contribution < -0.4 is 0 Å². The van der Waals surface area contributed by atoms with Gasteiger partial charge in [0.25, 0.3) is 5.70 Å². The lowest BCUT2D eigenvalue weighted by molar-refractivity contribution is -0.421. The summed E-state index contributed by atoms with van der Waals surface area (Å²) in [7, 11) is 0. The maximum Gasteiger partial charge on any atom is 0.268 e. The topological polar surface area (TPSA) is 43.1 Å². The molecule has 0 rings (SSSR count). The van der Waals surface area contributed by atoms with E-state index >= 15 is 0 Å². The molecular formula is C9H13NO2. The third-order valence-corrected chi connectivity index (χ3v) is 1.50. The van der Waals surface area contributed by atoms with E-state index in [1.165, 1.54) is 6.08 Å². The molecule has 0 radical (unpaired) electrons. The van der Waals surface area contributed by atoms with Gasteiger partial charge in [0.2, 0.25) is 0 Å². The van der Waals surface area contributed by atoms with Crippen molar-refractivity contribution in [3.05, 3.63) is 46.2 Å². The van der Waals surface area contributed by atoms with Crippen LogP contribution in [0.4, 0.5) is 0 Å². The van der Waals surface area contributed by atoms with Crippen LogP contribution in [0, 0.1) is 10.1 Å². The molecule has 0 saturated heterocycles. The highest BCUT2D eigenvalue weighted by Crippen LogP contribution is 2.13. The monoisotopic (exact) mass is 167 g/mol. The Kier molecular flexibility index (Phi) is 4.69. The standard InChI is InChI=1S/C9H13NO2/c1-4-7-8(5-2)9(6-3)10(11)12/h4,6-7H,1,5H2,2-3H3/b8-7-,9-6+. The highest BCUT2D eigenvalue weighted by molar-refractivity contribution is 5.27. The largest absolute Gasteiger partial charge is 0.268 e. The van der Waals surface area contributed by atoms with Gasteiger partial charge >= 0.3 is 0 Å². The maximum atomic E-state index is 10.5. The summed E-state index contributed by atoms with van der Waals surface area (Å²) in [5.74, 6) is 0. The molecular weight excluding hydrogens is 154 g/mol. The smallest absolute Gasteiger partial charge is 0.258 e. The van der Waals surface area contributed by atoms with E-state index in [4.69, 9.17) is 0 Å². The maximum absolute atomic E-state index is 10.5. The lowest BCUT2D eigenvalue weighted by Gasteiger charge is -1.98. The van der Waals surface area contributed by atoms with Crippen molar-refractivity contribution in [2.24, 2.45) is 0 Å². The van der Waals surface area contributed by atoms with Crippen molar-refractivity contribution in [3.63, 3.8) is 0 Å². The van der Waals surface area contributed by atoms with Crippen molar-refractivity contribution in [3.8, 4) is 0 Å². The van der Waals surface area contributed by atoms with Gasteiger partial charge in [0.1, 0.15) is 0 Å². The van der Waals surface area contributed by atoms with Gasteiger partial charge in [-0.05, 0) is 19.4 Å². The molecule has 0 atom stereocenters. The van der Waals surface area contributed by atoms with E-state index in [-0.39, 0.29) is 10.6 Å². The summed E-state index contributed by atoms with van der Waals surface area (Å²) in [5.41, 5.74) is 0.870. The molecule has 0 fully saturated rings. The van der Waals surface area contributed by atoms with Crippen molar-refractivity contribution in [1.29, 1.82) is 0 Å². The van der Waals surface area contributed by atoms with Gasteiger partial charge in [-0.25, -0.2) is 0 Å². The number of nitro groups is 1. The Labute approximate surface area is 72.2 Å². The SMILES string of the molecule is C=C/C=C(CC)\C(=C/C)[N+](=O)[O-]. The van der Waals surface area contributed by atoms with Crippen LogP contribution in [0.25, 0.3) is 0 Å². The van der Waals surface area contributed by atoms with Crippen LogP contribution in [-0.2, 0) is 0 Å². The first kappa shape index (κ1) is 10.6. The number of nitrogens with zero attached hydrogens (tertiary/aromatic N) is 1. The van der Waals surface area contributed by atoms with Gasteiger partial charge in [0.15, 0.2) is 0 Å². The summed E-state index contributed by atoms with van der Waals surface area (Å²) in [6, 6.07) is 0. The average molecular weight is 167 g/mol. The zero-order chi connectivity index (χ0) is 9.56. The second-order valence-electron chi connectivity index (χ2n) is 2.21. The Morgan fingerprint density at radius 2 is 2.25 bits per heavy atom. The van der Waals surface area contributed by atoms with Crippen LogP contribution in [0.15, 0.2) is 36.1 Å².